The normalized spacial score (nSPS) is 10.1. The molecule has 2 N–H and O–H groups in total. The molecule has 3 aromatic rings. The maximum Gasteiger partial charge on any atom is 0.257 e. The summed E-state index contributed by atoms with van der Waals surface area (Å²) in [5.74, 6) is 0.841. The second kappa shape index (κ2) is 9.41. The largest absolute Gasteiger partial charge is 0.497 e. The molecule has 0 aromatic heterocycles. The molecule has 0 radical (unpaired) electrons. The van der Waals surface area contributed by atoms with Crippen molar-refractivity contribution in [2.24, 2.45) is 0 Å². The van der Waals surface area contributed by atoms with Gasteiger partial charge in [-0.15, -0.1) is 0 Å². The molecule has 3 rings (SSSR count). The number of amides is 2. The summed E-state index contributed by atoms with van der Waals surface area (Å²) in [4.78, 5) is 25.2. The Bertz CT molecular complexity index is 1000. The Labute approximate surface area is 169 Å². The number of carbonyl (C=O) groups is 2. The van der Waals surface area contributed by atoms with Crippen molar-refractivity contribution < 1.29 is 19.1 Å². The van der Waals surface area contributed by atoms with Crippen molar-refractivity contribution in [3.63, 3.8) is 0 Å². The molecule has 0 spiro atoms. The first-order chi connectivity index (χ1) is 14.1. The molecular formula is C23H22N2O4. The Morgan fingerprint density at radius 3 is 2.24 bits per heavy atom. The zero-order valence-corrected chi connectivity index (χ0v) is 16.3. The van der Waals surface area contributed by atoms with Crippen LogP contribution in [0.5, 0.6) is 11.5 Å². The van der Waals surface area contributed by atoms with E-state index >= 15 is 0 Å². The highest BCUT2D eigenvalue weighted by molar-refractivity contribution is 6.10. The first-order valence-electron chi connectivity index (χ1n) is 9.06. The number of hydrogen-bond acceptors (Lipinski definition) is 4. The van der Waals surface area contributed by atoms with Crippen LogP contribution in [0.1, 0.15) is 15.9 Å². The van der Waals surface area contributed by atoms with Gasteiger partial charge in [0.25, 0.3) is 5.91 Å². The van der Waals surface area contributed by atoms with Crippen LogP contribution in [0.4, 0.5) is 11.4 Å². The van der Waals surface area contributed by atoms with Crippen LogP contribution in [-0.4, -0.2) is 26.0 Å². The molecule has 0 saturated carbocycles. The Hall–Kier alpha value is -3.80. The molecular weight excluding hydrogens is 368 g/mol. The van der Waals surface area contributed by atoms with E-state index < -0.39 is 0 Å². The van der Waals surface area contributed by atoms with Crippen molar-refractivity contribution in [2.45, 2.75) is 6.42 Å². The maximum atomic E-state index is 12.7. The zero-order chi connectivity index (χ0) is 20.6. The summed E-state index contributed by atoms with van der Waals surface area (Å²) in [6.45, 7) is 0. The predicted molar refractivity (Wildman–Crippen MR) is 113 cm³/mol. The second-order valence-electron chi connectivity index (χ2n) is 6.30. The molecule has 0 atom stereocenters. The van der Waals surface area contributed by atoms with Crippen LogP contribution in [0, 0.1) is 0 Å². The van der Waals surface area contributed by atoms with Crippen LogP contribution in [-0.2, 0) is 11.2 Å². The summed E-state index contributed by atoms with van der Waals surface area (Å²) >= 11 is 0. The fourth-order valence-corrected chi connectivity index (χ4v) is 2.81. The molecule has 148 valence electrons. The highest BCUT2D eigenvalue weighted by Crippen LogP contribution is 2.21. The highest BCUT2D eigenvalue weighted by atomic mass is 16.5. The lowest BCUT2D eigenvalue weighted by atomic mass is 10.1. The number of anilines is 2. The van der Waals surface area contributed by atoms with Gasteiger partial charge in [0.1, 0.15) is 11.5 Å². The van der Waals surface area contributed by atoms with E-state index in [4.69, 9.17) is 9.47 Å². The van der Waals surface area contributed by atoms with Gasteiger partial charge in [-0.2, -0.15) is 0 Å². The van der Waals surface area contributed by atoms with Gasteiger partial charge in [-0.1, -0.05) is 30.3 Å². The lowest BCUT2D eigenvalue weighted by molar-refractivity contribution is -0.115. The number of carbonyl (C=O) groups excluding carboxylic acids is 2. The van der Waals surface area contributed by atoms with Gasteiger partial charge in [-0.3, -0.25) is 9.59 Å². The first-order valence-corrected chi connectivity index (χ1v) is 9.06. The van der Waals surface area contributed by atoms with Crippen LogP contribution in [0.3, 0.4) is 0 Å². The summed E-state index contributed by atoms with van der Waals surface area (Å²) in [6.07, 6.45) is 0.190. The summed E-state index contributed by atoms with van der Waals surface area (Å²) in [5.41, 5.74) is 2.28. The highest BCUT2D eigenvalue weighted by Gasteiger charge is 2.14. The first kappa shape index (κ1) is 19.9. The topological polar surface area (TPSA) is 76.7 Å². The molecule has 0 heterocycles. The quantitative estimate of drug-likeness (QED) is 0.636. The Morgan fingerprint density at radius 2 is 1.52 bits per heavy atom. The number of methoxy groups -OCH3 is 2. The monoisotopic (exact) mass is 390 g/mol. The number of ether oxygens (including phenoxy) is 2. The maximum absolute atomic E-state index is 12.7. The third-order valence-corrected chi connectivity index (χ3v) is 4.30. The predicted octanol–water partition coefficient (Wildman–Crippen LogP) is 4.14. The Kier molecular flexibility index (Phi) is 6.47. The molecule has 0 aliphatic rings. The molecule has 6 nitrogen and oxygen atoms in total. The van der Waals surface area contributed by atoms with Gasteiger partial charge in [0.2, 0.25) is 5.91 Å². The summed E-state index contributed by atoms with van der Waals surface area (Å²) in [5, 5.41) is 5.65. The second-order valence-corrected chi connectivity index (χ2v) is 6.30. The van der Waals surface area contributed by atoms with Crippen molar-refractivity contribution in [3.05, 3.63) is 83.9 Å². The molecule has 29 heavy (non-hydrogen) atoms. The number of rotatable bonds is 7. The fourth-order valence-electron chi connectivity index (χ4n) is 2.81. The minimum Gasteiger partial charge on any atom is -0.497 e. The van der Waals surface area contributed by atoms with Crippen molar-refractivity contribution in [3.8, 4) is 11.5 Å². The molecule has 0 fully saturated rings. The number of benzene rings is 3. The van der Waals surface area contributed by atoms with Crippen molar-refractivity contribution >= 4 is 23.2 Å². The van der Waals surface area contributed by atoms with E-state index in [1.54, 1.807) is 74.9 Å². The fraction of sp³-hybridized carbons (Fsp3) is 0.130. The van der Waals surface area contributed by atoms with Crippen LogP contribution in [0.2, 0.25) is 0 Å². The van der Waals surface area contributed by atoms with E-state index in [2.05, 4.69) is 10.6 Å². The van der Waals surface area contributed by atoms with E-state index in [0.29, 0.717) is 22.7 Å². The smallest absolute Gasteiger partial charge is 0.257 e. The van der Waals surface area contributed by atoms with E-state index in [9.17, 15) is 9.59 Å². The van der Waals surface area contributed by atoms with Gasteiger partial charge in [-0.25, -0.2) is 0 Å². The summed E-state index contributed by atoms with van der Waals surface area (Å²) in [7, 11) is 3.16. The van der Waals surface area contributed by atoms with Crippen molar-refractivity contribution in [1.82, 2.24) is 0 Å². The van der Waals surface area contributed by atoms with Crippen LogP contribution in [0.15, 0.2) is 72.8 Å². The van der Waals surface area contributed by atoms with Crippen LogP contribution >= 0.6 is 0 Å². The van der Waals surface area contributed by atoms with E-state index in [-0.39, 0.29) is 18.2 Å². The van der Waals surface area contributed by atoms with Gasteiger partial charge in [0.15, 0.2) is 0 Å². The number of hydrogen-bond donors (Lipinski definition) is 2. The minimum absolute atomic E-state index is 0.190. The van der Waals surface area contributed by atoms with E-state index in [1.165, 1.54) is 0 Å². The summed E-state index contributed by atoms with van der Waals surface area (Å²) < 4.78 is 10.3. The van der Waals surface area contributed by atoms with E-state index in [1.807, 2.05) is 12.1 Å². The van der Waals surface area contributed by atoms with Gasteiger partial charge >= 0.3 is 0 Å². The third-order valence-electron chi connectivity index (χ3n) is 4.30. The van der Waals surface area contributed by atoms with Gasteiger partial charge in [0, 0.05) is 11.8 Å². The Balaban J connectivity index is 1.70. The van der Waals surface area contributed by atoms with Gasteiger partial charge in [0.05, 0.1) is 31.9 Å². The van der Waals surface area contributed by atoms with E-state index in [0.717, 1.165) is 11.3 Å². The average molecular weight is 390 g/mol. The molecule has 0 saturated heterocycles. The number of para-hydroxylation sites is 1. The minimum atomic E-state index is -0.321. The Morgan fingerprint density at radius 1 is 0.793 bits per heavy atom. The lowest BCUT2D eigenvalue weighted by Gasteiger charge is -2.12. The molecule has 0 aliphatic heterocycles. The average Bonchev–Trinajstić information content (AvgIpc) is 2.74. The number of nitrogens with one attached hydrogen (secondary N) is 2. The molecule has 0 aliphatic carbocycles. The molecule has 6 heteroatoms. The standard InChI is InChI=1S/C23H22N2O4/c1-28-18-12-10-16(11-13-18)14-22(26)25-21-9-4-3-8-20(21)23(27)24-17-6-5-7-19(15-17)29-2/h3-13,15H,14H2,1-2H3,(H,24,27)(H,25,26). The van der Waals surface area contributed by atoms with Crippen molar-refractivity contribution in [2.75, 3.05) is 24.9 Å². The molecule has 0 unspecified atom stereocenters. The van der Waals surface area contributed by atoms with Crippen molar-refractivity contribution in [1.29, 1.82) is 0 Å². The third kappa shape index (κ3) is 5.35. The lowest BCUT2D eigenvalue weighted by Crippen LogP contribution is -2.19. The zero-order valence-electron chi connectivity index (χ0n) is 16.3. The van der Waals surface area contributed by atoms with Gasteiger partial charge < -0.3 is 20.1 Å². The van der Waals surface area contributed by atoms with Crippen LogP contribution < -0.4 is 20.1 Å². The molecule has 3 aromatic carbocycles. The van der Waals surface area contributed by atoms with Crippen LogP contribution in [0.25, 0.3) is 0 Å². The molecule has 2 amide bonds. The SMILES string of the molecule is COc1ccc(CC(=O)Nc2ccccc2C(=O)Nc2cccc(OC)c2)cc1. The van der Waals surface area contributed by atoms with Gasteiger partial charge in [-0.05, 0) is 42.0 Å². The molecule has 0 bridgehead atoms. The summed E-state index contributed by atoms with van der Waals surface area (Å²) in [6, 6.07) is 21.2.